The average molecular weight is 405 g/mol. The summed E-state index contributed by atoms with van der Waals surface area (Å²) in [6.07, 6.45) is 0.230. The predicted octanol–water partition coefficient (Wildman–Crippen LogP) is 3.39. The molecule has 0 aromatic heterocycles. The summed E-state index contributed by atoms with van der Waals surface area (Å²) in [6, 6.07) is 6.66. The molecule has 1 fully saturated rings. The summed E-state index contributed by atoms with van der Waals surface area (Å²) in [5.74, 6) is -0.878. The number of hydrogen-bond acceptors (Lipinski definition) is 6. The van der Waals surface area contributed by atoms with Crippen LogP contribution in [0.2, 0.25) is 0 Å². The maximum atomic E-state index is 12.7. The van der Waals surface area contributed by atoms with Gasteiger partial charge in [-0.05, 0) is 53.5 Å². The lowest BCUT2D eigenvalue weighted by Crippen LogP contribution is -2.48. The average Bonchev–Trinajstić information content (AvgIpc) is 2.67. The lowest BCUT2D eigenvalue weighted by molar-refractivity contribution is -0.384. The van der Waals surface area contributed by atoms with Gasteiger partial charge in [-0.25, -0.2) is 0 Å². The second-order valence-corrected chi connectivity index (χ2v) is 8.02. The number of carbonyl (C=O) groups excluding carboxylic acids is 2. The van der Waals surface area contributed by atoms with Crippen molar-refractivity contribution in [3.05, 3.63) is 34.4 Å². The van der Waals surface area contributed by atoms with Crippen LogP contribution in [0.25, 0.3) is 0 Å². The number of amides is 1. The first-order chi connectivity index (χ1) is 13.6. The lowest BCUT2D eigenvalue weighted by Gasteiger charge is -2.34. The Labute approximate surface area is 172 Å². The Morgan fingerprint density at radius 2 is 1.66 bits per heavy atom. The zero-order chi connectivity index (χ0) is 21.7. The van der Waals surface area contributed by atoms with Crippen LogP contribution < -0.4 is 4.90 Å². The molecule has 1 heterocycles. The fraction of sp³-hybridized carbons (Fsp3) is 0.619. The van der Waals surface area contributed by atoms with E-state index in [0.29, 0.717) is 31.6 Å². The quantitative estimate of drug-likeness (QED) is 0.392. The van der Waals surface area contributed by atoms with Gasteiger partial charge in [0.1, 0.15) is 5.69 Å². The molecular formula is C21H31N3O5. The van der Waals surface area contributed by atoms with Gasteiger partial charge in [-0.15, -0.1) is 0 Å². The number of carbonyl (C=O) groups is 2. The summed E-state index contributed by atoms with van der Waals surface area (Å²) >= 11 is 0. The zero-order valence-electron chi connectivity index (χ0n) is 17.8. The Balaban J connectivity index is 1.95. The summed E-state index contributed by atoms with van der Waals surface area (Å²) in [5.41, 5.74) is 0.632. The minimum atomic E-state index is -0.833. The number of benzene rings is 1. The number of ether oxygens (including phenoxy) is 1. The third-order valence-corrected chi connectivity index (χ3v) is 5.26. The Bertz CT molecular complexity index is 734. The van der Waals surface area contributed by atoms with Crippen LogP contribution in [-0.2, 0) is 14.3 Å². The molecule has 1 aliphatic heterocycles. The minimum absolute atomic E-state index is 0.0218. The van der Waals surface area contributed by atoms with Gasteiger partial charge in [-0.1, -0.05) is 12.1 Å². The van der Waals surface area contributed by atoms with E-state index in [-0.39, 0.29) is 35.6 Å². The van der Waals surface area contributed by atoms with Crippen molar-refractivity contribution in [1.82, 2.24) is 4.90 Å². The van der Waals surface area contributed by atoms with Crippen LogP contribution in [0.15, 0.2) is 24.3 Å². The van der Waals surface area contributed by atoms with E-state index < -0.39 is 11.0 Å². The third kappa shape index (κ3) is 5.46. The predicted molar refractivity (Wildman–Crippen MR) is 111 cm³/mol. The molecule has 0 bridgehead atoms. The van der Waals surface area contributed by atoms with Gasteiger partial charge in [-0.2, -0.15) is 0 Å². The highest BCUT2D eigenvalue weighted by Crippen LogP contribution is 2.31. The maximum absolute atomic E-state index is 12.7. The first-order valence-corrected chi connectivity index (χ1v) is 10.1. The highest BCUT2D eigenvalue weighted by Gasteiger charge is 2.32. The number of esters is 1. The number of piperidine rings is 1. The number of nitrogens with zero attached hydrogens (tertiary/aromatic N) is 3. The molecule has 2 rings (SSSR count). The van der Waals surface area contributed by atoms with Crippen LogP contribution in [0, 0.1) is 16.0 Å². The van der Waals surface area contributed by atoms with Crippen molar-refractivity contribution in [3.63, 3.8) is 0 Å². The molecule has 0 unspecified atom stereocenters. The van der Waals surface area contributed by atoms with Crippen molar-refractivity contribution < 1.29 is 19.2 Å². The summed E-state index contributed by atoms with van der Waals surface area (Å²) in [4.78, 5) is 39.7. The minimum Gasteiger partial charge on any atom is -0.452 e. The summed E-state index contributed by atoms with van der Waals surface area (Å²) < 4.78 is 5.48. The van der Waals surface area contributed by atoms with Crippen LogP contribution in [0.4, 0.5) is 11.4 Å². The van der Waals surface area contributed by atoms with E-state index in [1.165, 1.54) is 6.07 Å². The van der Waals surface area contributed by atoms with Crippen molar-refractivity contribution in [2.24, 2.45) is 5.92 Å². The number of hydrogen-bond donors (Lipinski definition) is 0. The second-order valence-electron chi connectivity index (χ2n) is 8.02. The van der Waals surface area contributed by atoms with Crippen LogP contribution in [0.1, 0.15) is 47.5 Å². The second kappa shape index (κ2) is 9.71. The van der Waals surface area contributed by atoms with Crippen LogP contribution in [0.5, 0.6) is 0 Å². The van der Waals surface area contributed by atoms with Crippen molar-refractivity contribution in [1.29, 1.82) is 0 Å². The van der Waals surface area contributed by atoms with Crippen LogP contribution in [0.3, 0.4) is 0 Å². The molecule has 0 saturated carbocycles. The van der Waals surface area contributed by atoms with Crippen molar-refractivity contribution in [2.45, 2.75) is 65.6 Å². The van der Waals surface area contributed by atoms with Crippen LogP contribution >= 0.6 is 0 Å². The van der Waals surface area contributed by atoms with Gasteiger partial charge in [0.25, 0.3) is 11.6 Å². The molecule has 0 aliphatic carbocycles. The van der Waals surface area contributed by atoms with Crippen LogP contribution in [-0.4, -0.2) is 53.0 Å². The lowest BCUT2D eigenvalue weighted by atomic mass is 9.96. The van der Waals surface area contributed by atoms with Crippen molar-refractivity contribution in [2.75, 3.05) is 18.0 Å². The molecule has 1 aromatic rings. The first-order valence-electron chi connectivity index (χ1n) is 10.1. The number of anilines is 1. The largest absolute Gasteiger partial charge is 0.452 e. The first kappa shape index (κ1) is 22.6. The van der Waals surface area contributed by atoms with Gasteiger partial charge in [-0.3, -0.25) is 19.7 Å². The van der Waals surface area contributed by atoms with E-state index in [2.05, 4.69) is 0 Å². The maximum Gasteiger partial charge on any atom is 0.309 e. The molecular weight excluding hydrogens is 374 g/mol. The van der Waals surface area contributed by atoms with E-state index >= 15 is 0 Å². The highest BCUT2D eigenvalue weighted by atomic mass is 16.6. The van der Waals surface area contributed by atoms with Gasteiger partial charge in [0.2, 0.25) is 0 Å². The SMILES string of the molecule is CC(C)N(C(=O)[C@@H](C)OC(=O)C1CCN(c2ccccc2[N+](=O)[O-])CC1)C(C)C. The smallest absolute Gasteiger partial charge is 0.309 e. The summed E-state index contributed by atoms with van der Waals surface area (Å²) in [6.45, 7) is 10.4. The number of nitro benzene ring substituents is 1. The molecule has 1 atom stereocenters. The monoisotopic (exact) mass is 405 g/mol. The molecule has 8 nitrogen and oxygen atoms in total. The Morgan fingerprint density at radius 1 is 1.10 bits per heavy atom. The fourth-order valence-electron chi connectivity index (χ4n) is 3.88. The van der Waals surface area contributed by atoms with Gasteiger partial charge in [0, 0.05) is 31.2 Å². The highest BCUT2D eigenvalue weighted by molar-refractivity contribution is 5.84. The molecule has 8 heteroatoms. The third-order valence-electron chi connectivity index (χ3n) is 5.26. The molecule has 1 amide bonds. The van der Waals surface area contributed by atoms with E-state index in [9.17, 15) is 19.7 Å². The molecule has 29 heavy (non-hydrogen) atoms. The van der Waals surface area contributed by atoms with E-state index in [4.69, 9.17) is 4.74 Å². The number of rotatable bonds is 7. The fourth-order valence-corrected chi connectivity index (χ4v) is 3.88. The topological polar surface area (TPSA) is 93.0 Å². The molecule has 1 aromatic carbocycles. The molecule has 1 aliphatic rings. The Kier molecular flexibility index (Phi) is 7.59. The molecule has 1 saturated heterocycles. The van der Waals surface area contributed by atoms with Gasteiger partial charge in [0.15, 0.2) is 6.10 Å². The van der Waals surface area contributed by atoms with Crippen molar-refractivity contribution in [3.8, 4) is 0 Å². The Morgan fingerprint density at radius 3 is 2.17 bits per heavy atom. The number of para-hydroxylation sites is 2. The van der Waals surface area contributed by atoms with Gasteiger partial charge < -0.3 is 14.5 Å². The van der Waals surface area contributed by atoms with E-state index in [1.54, 1.807) is 30.0 Å². The standard InChI is InChI=1S/C21H31N3O5/c1-14(2)23(15(3)4)20(25)16(5)29-21(26)17-10-12-22(13-11-17)18-8-6-7-9-19(18)24(27)28/h6-9,14-17H,10-13H2,1-5H3/t16-/m1/s1. The summed E-state index contributed by atoms with van der Waals surface area (Å²) in [5, 5.41) is 11.2. The van der Waals surface area contributed by atoms with E-state index in [0.717, 1.165) is 0 Å². The van der Waals surface area contributed by atoms with Gasteiger partial charge in [0.05, 0.1) is 10.8 Å². The molecule has 160 valence electrons. The zero-order valence-corrected chi connectivity index (χ0v) is 17.8. The van der Waals surface area contributed by atoms with Crippen molar-refractivity contribution >= 4 is 23.3 Å². The normalized spacial score (nSPS) is 16.0. The van der Waals surface area contributed by atoms with Gasteiger partial charge >= 0.3 is 5.97 Å². The van der Waals surface area contributed by atoms with E-state index in [1.807, 2.05) is 32.6 Å². The summed E-state index contributed by atoms with van der Waals surface area (Å²) in [7, 11) is 0. The molecule has 0 spiro atoms. The molecule has 0 radical (unpaired) electrons. The Hall–Kier alpha value is -2.64. The number of nitro groups is 1. The molecule has 0 N–H and O–H groups in total.